The van der Waals surface area contributed by atoms with Crippen LogP contribution < -0.4 is 0 Å². The van der Waals surface area contributed by atoms with Gasteiger partial charge in [-0.1, -0.05) is 13.8 Å². The predicted octanol–water partition coefficient (Wildman–Crippen LogP) is 1.88. The maximum atomic E-state index is 4.34. The molecule has 0 amide bonds. The molecule has 1 aliphatic rings. The molecular formula is C12H19N3. The van der Waals surface area contributed by atoms with E-state index in [0.717, 1.165) is 25.4 Å². The third kappa shape index (κ3) is 2.75. The number of rotatable bonds is 3. The number of aromatic nitrogens is 2. The fourth-order valence-corrected chi connectivity index (χ4v) is 1.94. The summed E-state index contributed by atoms with van der Waals surface area (Å²) in [7, 11) is 0. The smallest absolute Gasteiger partial charge is 0.115 e. The second-order valence-electron chi connectivity index (χ2n) is 4.70. The zero-order chi connectivity index (χ0) is 10.7. The van der Waals surface area contributed by atoms with Crippen LogP contribution in [0.3, 0.4) is 0 Å². The molecule has 3 heteroatoms. The topological polar surface area (TPSA) is 29.0 Å². The number of hydrogen-bond donors (Lipinski definition) is 0. The molecule has 0 spiro atoms. The summed E-state index contributed by atoms with van der Waals surface area (Å²) in [4.78, 5) is 10.9. The summed E-state index contributed by atoms with van der Waals surface area (Å²) in [5, 5.41) is 0. The number of nitrogens with zero attached hydrogens (tertiary/aromatic N) is 3. The molecule has 82 valence electrons. The Morgan fingerprint density at radius 2 is 2.33 bits per heavy atom. The van der Waals surface area contributed by atoms with E-state index in [1.54, 1.807) is 6.33 Å². The average molecular weight is 205 g/mol. The third-order valence-electron chi connectivity index (χ3n) is 2.97. The summed E-state index contributed by atoms with van der Waals surface area (Å²) < 4.78 is 0. The molecule has 0 radical (unpaired) electrons. The van der Waals surface area contributed by atoms with Crippen molar-refractivity contribution in [1.29, 1.82) is 0 Å². The highest BCUT2D eigenvalue weighted by molar-refractivity contribution is 5.18. The maximum absolute atomic E-state index is 4.34. The van der Waals surface area contributed by atoms with Crippen LogP contribution in [0.2, 0.25) is 0 Å². The lowest BCUT2D eigenvalue weighted by molar-refractivity contribution is 0.235. The molecule has 2 rings (SSSR count). The minimum atomic E-state index is 0.789. The molecule has 1 aromatic rings. The molecule has 0 aliphatic carbocycles. The van der Waals surface area contributed by atoms with Crippen LogP contribution in [0.15, 0.2) is 12.5 Å². The molecule has 0 unspecified atom stereocenters. The molecule has 2 heterocycles. The monoisotopic (exact) mass is 205 g/mol. The third-order valence-corrected chi connectivity index (χ3v) is 2.97. The van der Waals surface area contributed by atoms with Gasteiger partial charge in [0.2, 0.25) is 0 Å². The molecular weight excluding hydrogens is 186 g/mol. The van der Waals surface area contributed by atoms with Crippen LogP contribution >= 0.6 is 0 Å². The van der Waals surface area contributed by atoms with Crippen LogP contribution in [0.1, 0.15) is 31.5 Å². The lowest BCUT2D eigenvalue weighted by Gasteiger charge is -2.27. The lowest BCUT2D eigenvalue weighted by atomic mass is 10.1. The zero-order valence-corrected chi connectivity index (χ0v) is 9.61. The van der Waals surface area contributed by atoms with Gasteiger partial charge in [-0.3, -0.25) is 4.90 Å². The Labute approximate surface area is 91.5 Å². The number of hydrogen-bond acceptors (Lipinski definition) is 3. The quantitative estimate of drug-likeness (QED) is 0.754. The van der Waals surface area contributed by atoms with Gasteiger partial charge >= 0.3 is 0 Å². The Kier molecular flexibility index (Phi) is 3.31. The van der Waals surface area contributed by atoms with Crippen LogP contribution in [0, 0.1) is 5.92 Å². The van der Waals surface area contributed by atoms with E-state index in [0.29, 0.717) is 0 Å². The van der Waals surface area contributed by atoms with Crippen LogP contribution in [0.4, 0.5) is 0 Å². The molecule has 0 atom stereocenters. The average Bonchev–Trinajstić information content (AvgIpc) is 2.26. The normalized spacial score (nSPS) is 16.7. The van der Waals surface area contributed by atoms with E-state index >= 15 is 0 Å². The Bertz CT molecular complexity index is 322. The summed E-state index contributed by atoms with van der Waals surface area (Å²) in [5.74, 6) is 0.789. The van der Waals surface area contributed by atoms with Crippen molar-refractivity contribution in [2.24, 2.45) is 5.92 Å². The minimum Gasteiger partial charge on any atom is -0.297 e. The van der Waals surface area contributed by atoms with Crippen molar-refractivity contribution in [2.45, 2.75) is 33.2 Å². The Balaban J connectivity index is 1.94. The molecule has 3 nitrogen and oxygen atoms in total. The van der Waals surface area contributed by atoms with Gasteiger partial charge in [0, 0.05) is 19.3 Å². The van der Waals surface area contributed by atoms with Crippen molar-refractivity contribution in [3.8, 4) is 0 Å². The fraction of sp³-hybridized carbons (Fsp3) is 0.667. The Morgan fingerprint density at radius 1 is 1.47 bits per heavy atom. The van der Waals surface area contributed by atoms with Gasteiger partial charge in [-0.25, -0.2) is 9.97 Å². The van der Waals surface area contributed by atoms with Gasteiger partial charge < -0.3 is 0 Å². The summed E-state index contributed by atoms with van der Waals surface area (Å²) >= 11 is 0. The Morgan fingerprint density at radius 3 is 3.13 bits per heavy atom. The van der Waals surface area contributed by atoms with Gasteiger partial charge in [0.25, 0.3) is 0 Å². The molecule has 0 bridgehead atoms. The van der Waals surface area contributed by atoms with Gasteiger partial charge in [0.05, 0.1) is 5.69 Å². The SMILES string of the molecule is CC(C)CCN1CCc2cncnc2C1. The molecule has 0 fully saturated rings. The van der Waals surface area contributed by atoms with Crippen LogP contribution in [0.25, 0.3) is 0 Å². The maximum Gasteiger partial charge on any atom is 0.115 e. The summed E-state index contributed by atoms with van der Waals surface area (Å²) in [6, 6.07) is 0. The van der Waals surface area contributed by atoms with Gasteiger partial charge in [-0.15, -0.1) is 0 Å². The van der Waals surface area contributed by atoms with Crippen molar-refractivity contribution < 1.29 is 0 Å². The van der Waals surface area contributed by atoms with Gasteiger partial charge in [0.15, 0.2) is 0 Å². The Hall–Kier alpha value is -0.960. The predicted molar refractivity (Wildman–Crippen MR) is 60.5 cm³/mol. The first-order chi connectivity index (χ1) is 7.25. The highest BCUT2D eigenvalue weighted by atomic mass is 15.1. The molecule has 15 heavy (non-hydrogen) atoms. The first kappa shape index (κ1) is 10.6. The first-order valence-electron chi connectivity index (χ1n) is 5.76. The van der Waals surface area contributed by atoms with E-state index in [-0.39, 0.29) is 0 Å². The van der Waals surface area contributed by atoms with Gasteiger partial charge in [-0.2, -0.15) is 0 Å². The van der Waals surface area contributed by atoms with Crippen LogP contribution in [0.5, 0.6) is 0 Å². The highest BCUT2D eigenvalue weighted by Gasteiger charge is 2.16. The largest absolute Gasteiger partial charge is 0.297 e. The summed E-state index contributed by atoms with van der Waals surface area (Å²) in [5.41, 5.74) is 2.55. The van der Waals surface area contributed by atoms with Crippen molar-refractivity contribution >= 4 is 0 Å². The van der Waals surface area contributed by atoms with E-state index < -0.39 is 0 Å². The van der Waals surface area contributed by atoms with Crippen LogP contribution in [-0.2, 0) is 13.0 Å². The molecule has 1 aromatic heterocycles. The van der Waals surface area contributed by atoms with E-state index in [4.69, 9.17) is 0 Å². The second-order valence-corrected chi connectivity index (χ2v) is 4.70. The van der Waals surface area contributed by atoms with Crippen molar-refractivity contribution in [1.82, 2.24) is 14.9 Å². The van der Waals surface area contributed by atoms with Crippen LogP contribution in [-0.4, -0.2) is 28.0 Å². The first-order valence-corrected chi connectivity index (χ1v) is 5.76. The molecule has 0 saturated heterocycles. The lowest BCUT2D eigenvalue weighted by Crippen LogP contribution is -2.32. The van der Waals surface area contributed by atoms with Crippen molar-refractivity contribution in [3.63, 3.8) is 0 Å². The summed E-state index contributed by atoms with van der Waals surface area (Å²) in [6.45, 7) is 7.92. The molecule has 0 N–H and O–H groups in total. The second kappa shape index (κ2) is 4.71. The van der Waals surface area contributed by atoms with E-state index in [1.165, 1.54) is 24.2 Å². The molecule has 0 aromatic carbocycles. The molecule has 1 aliphatic heterocycles. The minimum absolute atomic E-state index is 0.789. The van der Waals surface area contributed by atoms with Gasteiger partial charge in [-0.05, 0) is 30.9 Å². The van der Waals surface area contributed by atoms with E-state index in [2.05, 4.69) is 28.7 Å². The molecule has 0 saturated carbocycles. The van der Waals surface area contributed by atoms with Gasteiger partial charge in [0.1, 0.15) is 6.33 Å². The fourth-order valence-electron chi connectivity index (χ4n) is 1.94. The van der Waals surface area contributed by atoms with Crippen molar-refractivity contribution in [2.75, 3.05) is 13.1 Å². The van der Waals surface area contributed by atoms with Crippen molar-refractivity contribution in [3.05, 3.63) is 23.8 Å². The number of fused-ring (bicyclic) bond motifs is 1. The zero-order valence-electron chi connectivity index (χ0n) is 9.61. The van der Waals surface area contributed by atoms with E-state index in [1.807, 2.05) is 6.20 Å². The van der Waals surface area contributed by atoms with E-state index in [9.17, 15) is 0 Å². The standard InChI is InChI=1S/C12H19N3/c1-10(2)3-5-15-6-4-11-7-13-9-14-12(11)8-15/h7,9-10H,3-6,8H2,1-2H3. The summed E-state index contributed by atoms with van der Waals surface area (Å²) in [6.07, 6.45) is 6.00. The highest BCUT2D eigenvalue weighted by Crippen LogP contribution is 2.16.